The van der Waals surface area contributed by atoms with Crippen molar-refractivity contribution in [3.63, 3.8) is 0 Å². The number of halogens is 1. The Morgan fingerprint density at radius 2 is 2.38 bits per heavy atom. The molecule has 3 heteroatoms. The topological polar surface area (TPSA) is 36.2 Å². The summed E-state index contributed by atoms with van der Waals surface area (Å²) in [5.74, 6) is 0. The van der Waals surface area contributed by atoms with E-state index in [1.165, 1.54) is 6.20 Å². The van der Waals surface area contributed by atoms with Crippen LogP contribution in [0.5, 0.6) is 0 Å². The van der Waals surface area contributed by atoms with Gasteiger partial charge in [-0.3, -0.25) is 0 Å². The normalized spacial score (nSPS) is 11.0. The minimum Gasteiger partial charge on any atom is -0.302 e. The SMILES string of the molecule is C=CN=C(Cl)C(C)=N. The average Bonchev–Trinajstić information content (AvgIpc) is 1.67. The summed E-state index contributed by atoms with van der Waals surface area (Å²) in [6.45, 7) is 4.88. The van der Waals surface area contributed by atoms with E-state index < -0.39 is 0 Å². The largest absolute Gasteiger partial charge is 0.302 e. The fourth-order valence-electron chi connectivity index (χ4n) is 0.177. The average molecular weight is 131 g/mol. The van der Waals surface area contributed by atoms with Gasteiger partial charge >= 0.3 is 0 Å². The molecule has 0 aliphatic rings. The maximum Gasteiger partial charge on any atom is 0.149 e. The number of hydrogen-bond acceptors (Lipinski definition) is 2. The lowest BCUT2D eigenvalue weighted by Crippen LogP contribution is -1.98. The van der Waals surface area contributed by atoms with E-state index in [1.54, 1.807) is 6.92 Å². The molecule has 1 N–H and O–H groups in total. The monoisotopic (exact) mass is 130 g/mol. The summed E-state index contributed by atoms with van der Waals surface area (Å²) in [5.41, 5.74) is 0.256. The van der Waals surface area contributed by atoms with E-state index in [2.05, 4.69) is 11.6 Å². The van der Waals surface area contributed by atoms with Crippen molar-refractivity contribution in [2.75, 3.05) is 0 Å². The zero-order valence-electron chi connectivity index (χ0n) is 4.61. The Balaban J connectivity index is 3.99. The van der Waals surface area contributed by atoms with Crippen LogP contribution in [0.15, 0.2) is 17.8 Å². The van der Waals surface area contributed by atoms with Crippen LogP contribution in [0.25, 0.3) is 0 Å². The van der Waals surface area contributed by atoms with Gasteiger partial charge in [0.1, 0.15) is 5.17 Å². The van der Waals surface area contributed by atoms with Crippen LogP contribution in [-0.2, 0) is 0 Å². The standard InChI is InChI=1S/C5H7ClN2/c1-3-8-5(6)4(2)7/h3,7H,1H2,2H3. The van der Waals surface area contributed by atoms with Gasteiger partial charge in [0, 0.05) is 6.20 Å². The second kappa shape index (κ2) is 3.38. The minimum atomic E-state index is 0.194. The highest BCUT2D eigenvalue weighted by Gasteiger charge is 1.91. The van der Waals surface area contributed by atoms with Gasteiger partial charge in [-0.2, -0.15) is 0 Å². The van der Waals surface area contributed by atoms with Gasteiger partial charge in [-0.05, 0) is 6.92 Å². The van der Waals surface area contributed by atoms with Crippen molar-refractivity contribution >= 4 is 22.5 Å². The number of nitrogens with one attached hydrogen (secondary N) is 1. The Morgan fingerprint density at radius 1 is 1.88 bits per heavy atom. The van der Waals surface area contributed by atoms with Crippen molar-refractivity contribution in [2.45, 2.75) is 6.92 Å². The summed E-state index contributed by atoms with van der Waals surface area (Å²) in [7, 11) is 0. The second-order valence-electron chi connectivity index (χ2n) is 1.23. The first-order valence-electron chi connectivity index (χ1n) is 2.08. The number of nitrogens with zero attached hydrogens (tertiary/aromatic N) is 1. The highest BCUT2D eigenvalue weighted by molar-refractivity contribution is 6.83. The molecule has 0 saturated carbocycles. The molecule has 0 rings (SSSR count). The number of rotatable bonds is 2. The molecule has 0 aromatic heterocycles. The smallest absolute Gasteiger partial charge is 0.149 e. The molecular formula is C5H7ClN2. The van der Waals surface area contributed by atoms with Gasteiger partial charge in [-0.15, -0.1) is 0 Å². The van der Waals surface area contributed by atoms with E-state index >= 15 is 0 Å². The summed E-state index contributed by atoms with van der Waals surface area (Å²) >= 11 is 5.37. The van der Waals surface area contributed by atoms with Crippen LogP contribution in [0.2, 0.25) is 0 Å². The molecule has 0 heterocycles. The summed E-state index contributed by atoms with van der Waals surface area (Å²) in [6, 6.07) is 0. The van der Waals surface area contributed by atoms with E-state index in [-0.39, 0.29) is 10.9 Å². The van der Waals surface area contributed by atoms with Gasteiger partial charge < -0.3 is 5.41 Å². The summed E-state index contributed by atoms with van der Waals surface area (Å²) in [4.78, 5) is 3.55. The molecule has 44 valence electrons. The van der Waals surface area contributed by atoms with E-state index in [0.717, 1.165) is 0 Å². The molecule has 0 aliphatic carbocycles. The van der Waals surface area contributed by atoms with Crippen LogP contribution in [0, 0.1) is 5.41 Å². The highest BCUT2D eigenvalue weighted by atomic mass is 35.5. The van der Waals surface area contributed by atoms with Crippen LogP contribution in [0.3, 0.4) is 0 Å². The predicted octanol–water partition coefficient (Wildman–Crippen LogP) is 1.81. The molecule has 0 aliphatic heterocycles. The van der Waals surface area contributed by atoms with Crippen molar-refractivity contribution in [2.24, 2.45) is 4.99 Å². The highest BCUT2D eigenvalue weighted by Crippen LogP contribution is 1.87. The summed E-state index contributed by atoms with van der Waals surface area (Å²) in [6.07, 6.45) is 1.31. The van der Waals surface area contributed by atoms with Crippen molar-refractivity contribution in [3.8, 4) is 0 Å². The maximum absolute atomic E-state index is 6.89. The fourth-order valence-corrected chi connectivity index (χ4v) is 0.246. The molecule has 0 spiro atoms. The lowest BCUT2D eigenvalue weighted by Gasteiger charge is -1.86. The molecule has 0 aromatic carbocycles. The van der Waals surface area contributed by atoms with E-state index in [1.807, 2.05) is 0 Å². The Morgan fingerprint density at radius 3 is 2.50 bits per heavy atom. The molecule has 8 heavy (non-hydrogen) atoms. The van der Waals surface area contributed by atoms with Gasteiger partial charge in [0.2, 0.25) is 0 Å². The zero-order chi connectivity index (χ0) is 6.57. The first-order chi connectivity index (χ1) is 3.68. The quantitative estimate of drug-likeness (QED) is 0.554. The third kappa shape index (κ3) is 2.53. The fraction of sp³-hybridized carbons (Fsp3) is 0.200. The van der Waals surface area contributed by atoms with Gasteiger partial charge in [0.05, 0.1) is 5.71 Å². The van der Waals surface area contributed by atoms with Crippen molar-refractivity contribution in [1.82, 2.24) is 0 Å². The van der Waals surface area contributed by atoms with Gasteiger partial charge in [-0.25, -0.2) is 4.99 Å². The molecule has 0 radical (unpaired) electrons. The summed E-state index contributed by atoms with van der Waals surface area (Å²) < 4.78 is 0. The number of aliphatic imine (C=N–C) groups is 1. The van der Waals surface area contributed by atoms with Crippen LogP contribution < -0.4 is 0 Å². The van der Waals surface area contributed by atoms with Crippen LogP contribution in [-0.4, -0.2) is 10.9 Å². The van der Waals surface area contributed by atoms with Crippen LogP contribution in [0.1, 0.15) is 6.92 Å². The van der Waals surface area contributed by atoms with E-state index in [9.17, 15) is 0 Å². The molecular weight excluding hydrogens is 124 g/mol. The van der Waals surface area contributed by atoms with Gasteiger partial charge in [0.25, 0.3) is 0 Å². The molecule has 0 bridgehead atoms. The molecule has 0 aromatic rings. The van der Waals surface area contributed by atoms with E-state index in [4.69, 9.17) is 17.0 Å². The van der Waals surface area contributed by atoms with Crippen LogP contribution in [0.4, 0.5) is 0 Å². The molecule has 0 fully saturated rings. The molecule has 0 unspecified atom stereocenters. The molecule has 0 saturated heterocycles. The minimum absolute atomic E-state index is 0.194. The zero-order valence-corrected chi connectivity index (χ0v) is 5.37. The Bertz CT molecular complexity index is 137. The Hall–Kier alpha value is -0.630. The van der Waals surface area contributed by atoms with Crippen molar-refractivity contribution in [1.29, 1.82) is 5.41 Å². The molecule has 0 amide bonds. The van der Waals surface area contributed by atoms with Crippen LogP contribution >= 0.6 is 11.6 Å². The predicted molar refractivity (Wildman–Crippen MR) is 36.9 cm³/mol. The first-order valence-corrected chi connectivity index (χ1v) is 2.46. The first kappa shape index (κ1) is 7.37. The van der Waals surface area contributed by atoms with Gasteiger partial charge in [0.15, 0.2) is 0 Å². The molecule has 0 atom stereocenters. The second-order valence-corrected chi connectivity index (χ2v) is 1.59. The Kier molecular flexibility index (Phi) is 3.12. The maximum atomic E-state index is 6.89. The summed E-state index contributed by atoms with van der Waals surface area (Å²) in [5, 5.41) is 7.09. The molecule has 2 nitrogen and oxygen atoms in total. The lowest BCUT2D eigenvalue weighted by atomic mass is 10.5. The Labute approximate surface area is 53.4 Å². The van der Waals surface area contributed by atoms with Crippen molar-refractivity contribution < 1.29 is 0 Å². The third-order valence-electron chi connectivity index (χ3n) is 0.514. The van der Waals surface area contributed by atoms with E-state index in [0.29, 0.717) is 0 Å². The lowest BCUT2D eigenvalue weighted by molar-refractivity contribution is 1.50. The van der Waals surface area contributed by atoms with Gasteiger partial charge in [-0.1, -0.05) is 18.2 Å². The van der Waals surface area contributed by atoms with Crippen molar-refractivity contribution in [3.05, 3.63) is 12.8 Å². The third-order valence-corrected chi connectivity index (χ3v) is 0.895. The number of hydrogen-bond donors (Lipinski definition) is 1.